The minimum Gasteiger partial charge on any atom is -0.495 e. The number of likely N-dealkylation sites (N-methyl/N-ethyl adjacent to an activating group) is 1. The van der Waals surface area contributed by atoms with Gasteiger partial charge in [0.1, 0.15) is 11.6 Å². The normalized spacial score (nSPS) is 11.8. The molecule has 2 rings (SSSR count). The van der Waals surface area contributed by atoms with Crippen molar-refractivity contribution in [3.05, 3.63) is 59.4 Å². The van der Waals surface area contributed by atoms with E-state index in [-0.39, 0.29) is 36.8 Å². The lowest BCUT2D eigenvalue weighted by atomic mass is 10.1. The number of hydrogen-bond donors (Lipinski definition) is 2. The zero-order valence-corrected chi connectivity index (χ0v) is 16.6. The first-order valence-electron chi connectivity index (χ1n) is 8.97. The Hall–Kier alpha value is -2.93. The number of amides is 2. The van der Waals surface area contributed by atoms with E-state index in [0.29, 0.717) is 17.0 Å². The summed E-state index contributed by atoms with van der Waals surface area (Å²) in [5.41, 5.74) is 2.04. The van der Waals surface area contributed by atoms with Crippen LogP contribution in [-0.2, 0) is 9.59 Å². The van der Waals surface area contributed by atoms with Crippen molar-refractivity contribution < 1.29 is 18.7 Å². The molecule has 0 spiro atoms. The van der Waals surface area contributed by atoms with Crippen LogP contribution in [0.25, 0.3) is 0 Å². The minimum absolute atomic E-state index is 0.0382. The van der Waals surface area contributed by atoms with Crippen LogP contribution in [0.2, 0.25) is 0 Å². The van der Waals surface area contributed by atoms with Gasteiger partial charge in [-0.2, -0.15) is 0 Å². The summed E-state index contributed by atoms with van der Waals surface area (Å²) in [5, 5.41) is 5.30. The molecule has 0 aliphatic heterocycles. The Kier molecular flexibility index (Phi) is 7.52. The molecular weight excluding hydrogens is 361 g/mol. The van der Waals surface area contributed by atoms with E-state index in [2.05, 4.69) is 10.6 Å². The maximum absolute atomic E-state index is 13.9. The van der Waals surface area contributed by atoms with Crippen molar-refractivity contribution in [3.63, 3.8) is 0 Å². The average molecular weight is 387 g/mol. The van der Waals surface area contributed by atoms with Crippen molar-refractivity contribution >= 4 is 17.5 Å². The van der Waals surface area contributed by atoms with Gasteiger partial charge in [0.05, 0.1) is 25.9 Å². The van der Waals surface area contributed by atoms with Crippen molar-refractivity contribution in [2.45, 2.75) is 19.9 Å². The number of rotatable bonds is 8. The van der Waals surface area contributed by atoms with Crippen LogP contribution in [-0.4, -0.2) is 44.0 Å². The highest BCUT2D eigenvalue weighted by molar-refractivity contribution is 5.96. The number of nitrogens with zero attached hydrogens (tertiary/aromatic N) is 1. The molecule has 1 atom stereocenters. The van der Waals surface area contributed by atoms with Crippen LogP contribution in [0.15, 0.2) is 42.5 Å². The summed E-state index contributed by atoms with van der Waals surface area (Å²) < 4.78 is 19.1. The highest BCUT2D eigenvalue weighted by Gasteiger charge is 2.18. The van der Waals surface area contributed by atoms with Crippen molar-refractivity contribution in [2.75, 3.05) is 32.6 Å². The summed E-state index contributed by atoms with van der Waals surface area (Å²) >= 11 is 0. The van der Waals surface area contributed by atoms with E-state index in [0.717, 1.165) is 5.56 Å². The quantitative estimate of drug-likeness (QED) is 0.731. The number of benzene rings is 2. The van der Waals surface area contributed by atoms with Gasteiger partial charge in [-0.25, -0.2) is 4.39 Å². The fourth-order valence-corrected chi connectivity index (χ4v) is 2.76. The molecule has 7 heteroatoms. The van der Waals surface area contributed by atoms with Crippen LogP contribution in [0.5, 0.6) is 5.75 Å². The van der Waals surface area contributed by atoms with Crippen molar-refractivity contribution in [3.8, 4) is 5.75 Å². The van der Waals surface area contributed by atoms with Gasteiger partial charge in [0.15, 0.2) is 0 Å². The van der Waals surface area contributed by atoms with E-state index >= 15 is 0 Å². The van der Waals surface area contributed by atoms with Gasteiger partial charge >= 0.3 is 0 Å². The number of aryl methyl sites for hydroxylation is 1. The molecular formula is C21H26FN3O3. The van der Waals surface area contributed by atoms with Crippen LogP contribution in [0.1, 0.15) is 24.1 Å². The smallest absolute Gasteiger partial charge is 0.243 e. The molecule has 1 unspecified atom stereocenters. The first kappa shape index (κ1) is 21.4. The third-order valence-corrected chi connectivity index (χ3v) is 4.48. The molecule has 0 saturated carbocycles. The Morgan fingerprint density at radius 3 is 2.57 bits per heavy atom. The summed E-state index contributed by atoms with van der Waals surface area (Å²) in [5.74, 6) is -0.448. The standard InChI is InChI=1S/C21H26FN3O3/c1-14-9-10-19(28-4)18(11-14)24-20(26)12-23-21(27)13-25(3)15(2)16-7-5-6-8-17(16)22/h5-11,15H,12-13H2,1-4H3,(H,23,27)(H,24,26). The molecule has 0 saturated heterocycles. The summed E-state index contributed by atoms with van der Waals surface area (Å²) in [6.07, 6.45) is 0. The maximum Gasteiger partial charge on any atom is 0.243 e. The molecule has 2 N–H and O–H groups in total. The molecule has 0 aromatic heterocycles. The van der Waals surface area contributed by atoms with Crippen LogP contribution in [0.4, 0.5) is 10.1 Å². The van der Waals surface area contributed by atoms with E-state index in [9.17, 15) is 14.0 Å². The van der Waals surface area contributed by atoms with Gasteiger partial charge in [0.25, 0.3) is 0 Å². The van der Waals surface area contributed by atoms with Crippen molar-refractivity contribution in [1.82, 2.24) is 10.2 Å². The molecule has 0 bridgehead atoms. The first-order chi connectivity index (χ1) is 13.3. The lowest BCUT2D eigenvalue weighted by molar-refractivity contribution is -0.125. The second-order valence-electron chi connectivity index (χ2n) is 6.64. The van der Waals surface area contributed by atoms with E-state index in [1.807, 2.05) is 19.9 Å². The monoisotopic (exact) mass is 387 g/mol. The number of carbonyl (C=O) groups is 2. The largest absolute Gasteiger partial charge is 0.495 e. The second-order valence-corrected chi connectivity index (χ2v) is 6.64. The molecule has 0 fully saturated rings. The third kappa shape index (κ3) is 5.79. The minimum atomic E-state index is -0.359. The second kappa shape index (κ2) is 9.85. The number of methoxy groups -OCH3 is 1. The van der Waals surface area contributed by atoms with Gasteiger partial charge in [0.2, 0.25) is 11.8 Å². The highest BCUT2D eigenvalue weighted by atomic mass is 19.1. The van der Waals surface area contributed by atoms with Gasteiger partial charge in [-0.15, -0.1) is 0 Å². The van der Waals surface area contributed by atoms with Crippen molar-refractivity contribution in [1.29, 1.82) is 0 Å². The average Bonchev–Trinajstić information content (AvgIpc) is 2.66. The molecule has 28 heavy (non-hydrogen) atoms. The topological polar surface area (TPSA) is 70.7 Å². The highest BCUT2D eigenvalue weighted by Crippen LogP contribution is 2.25. The number of hydrogen-bond acceptors (Lipinski definition) is 4. The number of anilines is 1. The molecule has 0 aliphatic carbocycles. The third-order valence-electron chi connectivity index (χ3n) is 4.48. The SMILES string of the molecule is COc1ccc(C)cc1NC(=O)CNC(=O)CN(C)C(C)c1ccccc1F. The van der Waals surface area contributed by atoms with Gasteiger partial charge in [0, 0.05) is 11.6 Å². The Morgan fingerprint density at radius 1 is 1.18 bits per heavy atom. The molecule has 6 nitrogen and oxygen atoms in total. The predicted octanol–water partition coefficient (Wildman–Crippen LogP) is 2.89. The molecule has 2 aromatic carbocycles. The summed E-state index contributed by atoms with van der Waals surface area (Å²) in [4.78, 5) is 26.0. The number of halogens is 1. The number of ether oxygens (including phenoxy) is 1. The summed E-state index contributed by atoms with van der Waals surface area (Å²) in [6.45, 7) is 3.60. The lowest BCUT2D eigenvalue weighted by Gasteiger charge is -2.24. The molecule has 0 aliphatic rings. The molecule has 2 amide bonds. The van der Waals surface area contributed by atoms with E-state index in [1.54, 1.807) is 42.3 Å². The lowest BCUT2D eigenvalue weighted by Crippen LogP contribution is -2.40. The molecule has 2 aromatic rings. The Labute approximate surface area is 164 Å². The first-order valence-corrected chi connectivity index (χ1v) is 8.97. The van der Waals surface area contributed by atoms with Gasteiger partial charge in [-0.05, 0) is 44.7 Å². The fraction of sp³-hybridized carbons (Fsp3) is 0.333. The zero-order valence-electron chi connectivity index (χ0n) is 16.6. The Balaban J connectivity index is 1.86. The summed E-state index contributed by atoms with van der Waals surface area (Å²) in [6, 6.07) is 11.6. The molecule has 0 heterocycles. The van der Waals surface area contributed by atoms with Crippen LogP contribution >= 0.6 is 0 Å². The van der Waals surface area contributed by atoms with E-state index in [1.165, 1.54) is 13.2 Å². The van der Waals surface area contributed by atoms with Gasteiger partial charge in [-0.1, -0.05) is 24.3 Å². The van der Waals surface area contributed by atoms with Gasteiger partial charge in [-0.3, -0.25) is 14.5 Å². The van der Waals surface area contributed by atoms with Crippen molar-refractivity contribution in [2.24, 2.45) is 0 Å². The van der Waals surface area contributed by atoms with E-state index in [4.69, 9.17) is 4.74 Å². The van der Waals surface area contributed by atoms with Crippen LogP contribution in [0, 0.1) is 12.7 Å². The maximum atomic E-state index is 13.9. The Bertz CT molecular complexity index is 841. The van der Waals surface area contributed by atoms with Crippen LogP contribution < -0.4 is 15.4 Å². The predicted molar refractivity (Wildman–Crippen MR) is 107 cm³/mol. The number of nitrogens with one attached hydrogen (secondary N) is 2. The molecule has 150 valence electrons. The number of carbonyl (C=O) groups excluding carboxylic acids is 2. The van der Waals surface area contributed by atoms with Gasteiger partial charge < -0.3 is 15.4 Å². The fourth-order valence-electron chi connectivity index (χ4n) is 2.76. The Morgan fingerprint density at radius 2 is 1.89 bits per heavy atom. The summed E-state index contributed by atoms with van der Waals surface area (Å²) in [7, 11) is 3.25. The zero-order chi connectivity index (χ0) is 20.7. The van der Waals surface area contributed by atoms with E-state index < -0.39 is 0 Å². The van der Waals surface area contributed by atoms with Crippen LogP contribution in [0.3, 0.4) is 0 Å². The molecule has 0 radical (unpaired) electrons.